The number of nitrogens with zero attached hydrogens (tertiary/aromatic N) is 3. The summed E-state index contributed by atoms with van der Waals surface area (Å²) >= 11 is 0. The van der Waals surface area contributed by atoms with Crippen LogP contribution in [0, 0.1) is 0 Å². The van der Waals surface area contributed by atoms with Gasteiger partial charge in [0.2, 0.25) is 5.95 Å². The van der Waals surface area contributed by atoms with Crippen LogP contribution in [-0.2, 0) is 18.8 Å². The number of rotatable bonds is 2. The van der Waals surface area contributed by atoms with Crippen molar-refractivity contribution >= 4 is 17.1 Å². The summed E-state index contributed by atoms with van der Waals surface area (Å²) in [7, 11) is 3.05. The van der Waals surface area contributed by atoms with Gasteiger partial charge in [-0.3, -0.25) is 13.9 Å². The van der Waals surface area contributed by atoms with Crippen LogP contribution in [0.25, 0.3) is 11.2 Å². The van der Waals surface area contributed by atoms with Crippen LogP contribution in [0.1, 0.15) is 12.8 Å². The highest BCUT2D eigenvalue weighted by molar-refractivity contribution is 5.72. The third-order valence-electron chi connectivity index (χ3n) is 3.60. The van der Waals surface area contributed by atoms with Gasteiger partial charge in [0.05, 0.1) is 12.6 Å². The van der Waals surface area contributed by atoms with Gasteiger partial charge in [0, 0.05) is 20.7 Å². The Hall–Kier alpha value is -2.09. The highest BCUT2D eigenvalue weighted by Crippen LogP contribution is 2.13. The minimum absolute atomic E-state index is 0.171. The number of nitrogens with one attached hydrogen (secondary N) is 2. The summed E-state index contributed by atoms with van der Waals surface area (Å²) in [6.45, 7) is 1.40. The molecular formula is C12H17N5O3. The first-order chi connectivity index (χ1) is 9.58. The van der Waals surface area contributed by atoms with Crippen LogP contribution < -0.4 is 16.6 Å². The number of aromatic amines is 1. The first-order valence-corrected chi connectivity index (χ1v) is 6.58. The van der Waals surface area contributed by atoms with Crippen molar-refractivity contribution in [2.24, 2.45) is 14.1 Å². The molecule has 0 radical (unpaired) electrons. The Balaban J connectivity index is 2.02. The van der Waals surface area contributed by atoms with E-state index in [2.05, 4.69) is 15.3 Å². The topological polar surface area (TPSA) is 93.9 Å². The molecule has 1 fully saturated rings. The van der Waals surface area contributed by atoms with E-state index in [4.69, 9.17) is 4.74 Å². The van der Waals surface area contributed by atoms with Crippen molar-refractivity contribution in [3.05, 3.63) is 20.8 Å². The summed E-state index contributed by atoms with van der Waals surface area (Å²) in [5.74, 6) is 0.494. The molecule has 1 aliphatic rings. The summed E-state index contributed by atoms with van der Waals surface area (Å²) in [4.78, 5) is 31.1. The second kappa shape index (κ2) is 4.78. The van der Waals surface area contributed by atoms with E-state index in [0.717, 1.165) is 24.0 Å². The molecule has 2 aromatic heterocycles. The molecular weight excluding hydrogens is 262 g/mol. The Morgan fingerprint density at radius 1 is 1.35 bits per heavy atom. The van der Waals surface area contributed by atoms with Gasteiger partial charge >= 0.3 is 5.69 Å². The third-order valence-corrected chi connectivity index (χ3v) is 3.60. The van der Waals surface area contributed by atoms with Crippen LogP contribution in [0.4, 0.5) is 5.95 Å². The quantitative estimate of drug-likeness (QED) is 0.776. The fraction of sp³-hybridized carbons (Fsp3) is 0.583. The van der Waals surface area contributed by atoms with Crippen molar-refractivity contribution in [2.45, 2.75) is 18.9 Å². The Bertz CT molecular complexity index is 751. The number of hydrogen-bond donors (Lipinski definition) is 2. The average Bonchev–Trinajstić information content (AvgIpc) is 2.88. The molecule has 0 spiro atoms. The molecule has 1 unspecified atom stereocenters. The summed E-state index contributed by atoms with van der Waals surface area (Å²) in [6, 6.07) is 0.171. The lowest BCUT2D eigenvalue weighted by atomic mass is 10.1. The van der Waals surface area contributed by atoms with Gasteiger partial charge in [0.15, 0.2) is 11.2 Å². The van der Waals surface area contributed by atoms with E-state index in [-0.39, 0.29) is 17.3 Å². The van der Waals surface area contributed by atoms with E-state index in [9.17, 15) is 9.59 Å². The van der Waals surface area contributed by atoms with Crippen molar-refractivity contribution < 1.29 is 4.74 Å². The first-order valence-electron chi connectivity index (χ1n) is 6.58. The van der Waals surface area contributed by atoms with Gasteiger partial charge in [0.25, 0.3) is 5.56 Å². The predicted molar refractivity (Wildman–Crippen MR) is 74.0 cm³/mol. The van der Waals surface area contributed by atoms with Crippen LogP contribution in [-0.4, -0.2) is 38.4 Å². The van der Waals surface area contributed by atoms with Gasteiger partial charge in [-0.25, -0.2) is 4.79 Å². The number of hydrogen-bond acceptors (Lipinski definition) is 5. The zero-order chi connectivity index (χ0) is 14.3. The molecule has 1 atom stereocenters. The largest absolute Gasteiger partial charge is 0.379 e. The molecule has 8 nitrogen and oxygen atoms in total. The van der Waals surface area contributed by atoms with Gasteiger partial charge in [0.1, 0.15) is 0 Å². The summed E-state index contributed by atoms with van der Waals surface area (Å²) in [6.07, 6.45) is 1.99. The average molecular weight is 279 g/mol. The molecule has 0 aliphatic carbocycles. The van der Waals surface area contributed by atoms with Gasteiger partial charge in [-0.15, -0.1) is 0 Å². The maximum absolute atomic E-state index is 12.0. The molecule has 108 valence electrons. The van der Waals surface area contributed by atoms with Crippen LogP contribution in [0.3, 0.4) is 0 Å². The molecule has 0 amide bonds. The number of imidazole rings is 1. The van der Waals surface area contributed by atoms with Gasteiger partial charge in [-0.1, -0.05) is 0 Å². The number of aromatic nitrogens is 4. The lowest BCUT2D eigenvalue weighted by Gasteiger charge is -2.22. The van der Waals surface area contributed by atoms with Crippen molar-refractivity contribution in [2.75, 3.05) is 18.5 Å². The molecule has 1 saturated heterocycles. The molecule has 8 heteroatoms. The molecule has 2 aromatic rings. The molecule has 1 aliphatic heterocycles. The minimum Gasteiger partial charge on any atom is -0.379 e. The summed E-state index contributed by atoms with van der Waals surface area (Å²) in [5, 5.41) is 3.21. The molecule has 3 heterocycles. The van der Waals surface area contributed by atoms with Crippen molar-refractivity contribution in [1.82, 2.24) is 19.1 Å². The fourth-order valence-corrected chi connectivity index (χ4v) is 2.44. The molecule has 0 aromatic carbocycles. The van der Waals surface area contributed by atoms with Gasteiger partial charge < -0.3 is 15.0 Å². The van der Waals surface area contributed by atoms with E-state index in [1.54, 1.807) is 7.05 Å². The third kappa shape index (κ3) is 2.01. The Kier molecular flexibility index (Phi) is 3.09. The standard InChI is InChI=1S/C12H17N5O3/c1-16-9-8(10(18)17(2)12(16)19)14-11(15-9)13-7-4-3-5-20-6-7/h7H,3-6H2,1-2H3,(H2,13,14,15). The zero-order valence-corrected chi connectivity index (χ0v) is 11.5. The van der Waals surface area contributed by atoms with E-state index < -0.39 is 0 Å². The maximum Gasteiger partial charge on any atom is 0.332 e. The van der Waals surface area contributed by atoms with Crippen molar-refractivity contribution in [3.63, 3.8) is 0 Å². The second-order valence-corrected chi connectivity index (χ2v) is 5.05. The molecule has 0 bridgehead atoms. The number of H-pyrrole nitrogens is 1. The zero-order valence-electron chi connectivity index (χ0n) is 11.5. The fourth-order valence-electron chi connectivity index (χ4n) is 2.44. The van der Waals surface area contributed by atoms with Crippen LogP contribution in [0.5, 0.6) is 0 Å². The summed E-state index contributed by atoms with van der Waals surface area (Å²) < 4.78 is 7.81. The molecule has 2 N–H and O–H groups in total. The SMILES string of the molecule is Cn1c(=O)c2[nH]c(NC3CCCOC3)nc2n(C)c1=O. The number of ether oxygens (including phenoxy) is 1. The lowest BCUT2D eigenvalue weighted by molar-refractivity contribution is 0.0874. The smallest absolute Gasteiger partial charge is 0.332 e. The van der Waals surface area contributed by atoms with Crippen molar-refractivity contribution in [3.8, 4) is 0 Å². The first kappa shape index (κ1) is 12.9. The van der Waals surface area contributed by atoms with Crippen molar-refractivity contribution in [1.29, 1.82) is 0 Å². The lowest BCUT2D eigenvalue weighted by Crippen LogP contribution is -2.36. The Labute approximate surface area is 114 Å². The molecule has 20 heavy (non-hydrogen) atoms. The predicted octanol–water partition coefficient (Wildman–Crippen LogP) is -0.449. The van der Waals surface area contributed by atoms with E-state index in [0.29, 0.717) is 23.7 Å². The second-order valence-electron chi connectivity index (χ2n) is 5.05. The van der Waals surface area contributed by atoms with Crippen LogP contribution in [0.2, 0.25) is 0 Å². The molecule has 0 saturated carbocycles. The molecule has 3 rings (SSSR count). The number of anilines is 1. The summed E-state index contributed by atoms with van der Waals surface area (Å²) in [5.41, 5.74) is -0.0729. The maximum atomic E-state index is 12.0. The van der Waals surface area contributed by atoms with E-state index >= 15 is 0 Å². The minimum atomic E-state index is -0.387. The highest BCUT2D eigenvalue weighted by Gasteiger charge is 2.17. The highest BCUT2D eigenvalue weighted by atomic mass is 16.5. The normalized spacial score (nSPS) is 19.4. The monoisotopic (exact) mass is 279 g/mol. The van der Waals surface area contributed by atoms with Crippen LogP contribution in [0.15, 0.2) is 9.59 Å². The Morgan fingerprint density at radius 2 is 2.15 bits per heavy atom. The number of aryl methyl sites for hydroxylation is 1. The number of fused-ring (bicyclic) bond motifs is 1. The van der Waals surface area contributed by atoms with E-state index in [1.807, 2.05) is 0 Å². The Morgan fingerprint density at radius 3 is 2.85 bits per heavy atom. The van der Waals surface area contributed by atoms with Gasteiger partial charge in [-0.05, 0) is 12.8 Å². The van der Waals surface area contributed by atoms with E-state index in [1.165, 1.54) is 11.6 Å². The van der Waals surface area contributed by atoms with Gasteiger partial charge in [-0.2, -0.15) is 4.98 Å². The van der Waals surface area contributed by atoms with Crippen LogP contribution >= 0.6 is 0 Å².